The maximum absolute atomic E-state index is 12.7. The second kappa shape index (κ2) is 7.16. The topological polar surface area (TPSA) is 53.5 Å². The van der Waals surface area contributed by atoms with Gasteiger partial charge in [-0.25, -0.2) is 13.4 Å². The quantitative estimate of drug-likeness (QED) is 0.716. The molecule has 1 aromatic carbocycles. The lowest BCUT2D eigenvalue weighted by molar-refractivity contribution is -0.140. The third kappa shape index (κ3) is 3.79. The fourth-order valence-corrected chi connectivity index (χ4v) is 5.53. The van der Waals surface area contributed by atoms with E-state index in [0.29, 0.717) is 0 Å². The SMILES string of the molecule is O=S(=O)(c1cccc(Cl)c1Cl)N1CCN(c2nc(C(F)(F)F)cs2)CC1. The van der Waals surface area contributed by atoms with Crippen LogP contribution in [0.3, 0.4) is 0 Å². The average Bonchev–Trinajstić information content (AvgIpc) is 3.08. The predicted molar refractivity (Wildman–Crippen MR) is 94.5 cm³/mol. The summed E-state index contributed by atoms with van der Waals surface area (Å²) in [5.41, 5.74) is -0.946. The second-order valence-electron chi connectivity index (χ2n) is 5.46. The van der Waals surface area contributed by atoms with Gasteiger partial charge in [-0.15, -0.1) is 11.3 Å². The molecule has 0 unspecified atom stereocenters. The molecule has 5 nitrogen and oxygen atoms in total. The Morgan fingerprint density at radius 1 is 1.12 bits per heavy atom. The fraction of sp³-hybridized carbons (Fsp3) is 0.357. The number of alkyl halides is 3. The minimum Gasteiger partial charge on any atom is -0.345 e. The summed E-state index contributed by atoms with van der Waals surface area (Å²) in [5.74, 6) is 0. The zero-order valence-corrected chi connectivity index (χ0v) is 16.1. The monoisotopic (exact) mass is 445 g/mol. The lowest BCUT2D eigenvalue weighted by Gasteiger charge is -2.34. The molecule has 0 saturated carbocycles. The highest BCUT2D eigenvalue weighted by molar-refractivity contribution is 7.89. The Morgan fingerprint density at radius 3 is 2.35 bits per heavy atom. The molecular formula is C14H12Cl2F3N3O2S2. The summed E-state index contributed by atoms with van der Waals surface area (Å²) in [6, 6.07) is 4.35. The average molecular weight is 446 g/mol. The molecule has 0 bridgehead atoms. The number of hydrogen-bond acceptors (Lipinski definition) is 5. The van der Waals surface area contributed by atoms with E-state index >= 15 is 0 Å². The van der Waals surface area contributed by atoms with Crippen molar-refractivity contribution >= 4 is 49.7 Å². The summed E-state index contributed by atoms with van der Waals surface area (Å²) in [7, 11) is -3.85. The number of nitrogens with zero attached hydrogens (tertiary/aromatic N) is 3. The summed E-state index contributed by atoms with van der Waals surface area (Å²) in [4.78, 5) is 5.13. The Hall–Kier alpha value is -1.07. The van der Waals surface area contributed by atoms with Crippen LogP contribution in [0, 0.1) is 0 Å². The van der Waals surface area contributed by atoms with Crippen LogP contribution in [0.5, 0.6) is 0 Å². The Kier molecular flexibility index (Phi) is 5.42. The van der Waals surface area contributed by atoms with Crippen molar-refractivity contribution < 1.29 is 21.6 Å². The molecule has 0 N–H and O–H groups in total. The van der Waals surface area contributed by atoms with Crippen LogP contribution in [0.1, 0.15) is 5.69 Å². The van der Waals surface area contributed by atoms with E-state index in [0.717, 1.165) is 16.7 Å². The highest BCUT2D eigenvalue weighted by atomic mass is 35.5. The number of rotatable bonds is 3. The molecule has 142 valence electrons. The zero-order chi connectivity index (χ0) is 19.1. The van der Waals surface area contributed by atoms with E-state index in [1.54, 1.807) is 4.90 Å². The zero-order valence-electron chi connectivity index (χ0n) is 13.0. The number of hydrogen-bond donors (Lipinski definition) is 0. The predicted octanol–water partition coefficient (Wildman–Crippen LogP) is 3.98. The van der Waals surface area contributed by atoms with Crippen molar-refractivity contribution in [3.63, 3.8) is 0 Å². The van der Waals surface area contributed by atoms with E-state index in [-0.39, 0.29) is 46.3 Å². The lowest BCUT2D eigenvalue weighted by atomic mass is 10.4. The highest BCUT2D eigenvalue weighted by Crippen LogP contribution is 2.34. The van der Waals surface area contributed by atoms with E-state index in [4.69, 9.17) is 23.2 Å². The number of anilines is 1. The van der Waals surface area contributed by atoms with Crippen LogP contribution in [0.15, 0.2) is 28.5 Å². The van der Waals surface area contributed by atoms with Crippen molar-refractivity contribution in [2.75, 3.05) is 31.1 Å². The van der Waals surface area contributed by atoms with Gasteiger partial charge < -0.3 is 4.90 Å². The van der Waals surface area contributed by atoms with Crippen LogP contribution >= 0.6 is 34.5 Å². The number of thiazole rings is 1. The third-order valence-electron chi connectivity index (χ3n) is 3.83. The molecule has 1 aliphatic rings. The number of aromatic nitrogens is 1. The van der Waals surface area contributed by atoms with Crippen LogP contribution in [-0.2, 0) is 16.2 Å². The maximum Gasteiger partial charge on any atom is 0.434 e. The Bertz CT molecular complexity index is 910. The summed E-state index contributed by atoms with van der Waals surface area (Å²) in [5, 5.41) is 1.25. The Morgan fingerprint density at radius 2 is 1.77 bits per heavy atom. The molecule has 3 rings (SSSR count). The largest absolute Gasteiger partial charge is 0.434 e. The summed E-state index contributed by atoms with van der Waals surface area (Å²) < 4.78 is 64.7. The van der Waals surface area contributed by atoms with Gasteiger partial charge in [0.25, 0.3) is 0 Å². The van der Waals surface area contributed by atoms with E-state index < -0.39 is 21.9 Å². The first-order chi connectivity index (χ1) is 12.1. The standard InChI is InChI=1S/C14H12Cl2F3N3O2S2/c15-9-2-1-3-10(12(9)16)26(23,24)22-6-4-21(5-7-22)13-20-11(8-25-13)14(17,18)19/h1-3,8H,4-7H2. The van der Waals surface area contributed by atoms with E-state index in [1.165, 1.54) is 22.5 Å². The summed E-state index contributed by atoms with van der Waals surface area (Å²) in [6.07, 6.45) is -4.50. The fourth-order valence-electron chi connectivity index (χ4n) is 2.48. The van der Waals surface area contributed by atoms with E-state index in [2.05, 4.69) is 4.98 Å². The molecule has 12 heteroatoms. The van der Waals surface area contributed by atoms with Gasteiger partial charge in [-0.3, -0.25) is 0 Å². The number of piperazine rings is 1. The van der Waals surface area contributed by atoms with Crippen molar-refractivity contribution in [2.45, 2.75) is 11.1 Å². The molecule has 1 saturated heterocycles. The van der Waals surface area contributed by atoms with Gasteiger partial charge in [-0.05, 0) is 12.1 Å². The molecule has 0 radical (unpaired) electrons. The van der Waals surface area contributed by atoms with Gasteiger partial charge in [0, 0.05) is 31.6 Å². The van der Waals surface area contributed by atoms with Crippen LogP contribution in [0.25, 0.3) is 0 Å². The van der Waals surface area contributed by atoms with Gasteiger partial charge in [0.15, 0.2) is 10.8 Å². The molecule has 1 aromatic heterocycles. The normalized spacial score (nSPS) is 16.9. The molecule has 1 fully saturated rings. The number of halogens is 5. The Labute approximate surface area is 162 Å². The van der Waals surface area contributed by atoms with Gasteiger partial charge in [-0.2, -0.15) is 17.5 Å². The van der Waals surface area contributed by atoms with Gasteiger partial charge in [-0.1, -0.05) is 29.3 Å². The molecule has 1 aliphatic heterocycles. The second-order valence-corrected chi connectivity index (χ2v) is 8.98. The van der Waals surface area contributed by atoms with Gasteiger partial charge in [0.05, 0.1) is 10.0 Å². The maximum atomic E-state index is 12.7. The molecule has 2 heterocycles. The van der Waals surface area contributed by atoms with Crippen molar-refractivity contribution in [1.29, 1.82) is 0 Å². The first-order valence-electron chi connectivity index (χ1n) is 7.32. The summed E-state index contributed by atoms with van der Waals surface area (Å²) >= 11 is 12.8. The molecule has 0 aliphatic carbocycles. The third-order valence-corrected chi connectivity index (χ3v) is 7.60. The molecule has 2 aromatic rings. The van der Waals surface area contributed by atoms with Gasteiger partial charge >= 0.3 is 6.18 Å². The minimum absolute atomic E-state index is 0.0497. The van der Waals surface area contributed by atoms with E-state index in [1.807, 2.05) is 0 Å². The van der Waals surface area contributed by atoms with Crippen LogP contribution in [0.2, 0.25) is 10.0 Å². The molecule has 0 spiro atoms. The smallest absolute Gasteiger partial charge is 0.345 e. The van der Waals surface area contributed by atoms with E-state index in [9.17, 15) is 21.6 Å². The van der Waals surface area contributed by atoms with Crippen molar-refractivity contribution in [3.05, 3.63) is 39.3 Å². The minimum atomic E-state index is -4.50. The van der Waals surface area contributed by atoms with Gasteiger partial charge in [0.1, 0.15) is 4.90 Å². The van der Waals surface area contributed by atoms with Gasteiger partial charge in [0.2, 0.25) is 10.0 Å². The summed E-state index contributed by atoms with van der Waals surface area (Å²) in [6.45, 7) is 0.655. The van der Waals surface area contributed by atoms with Crippen molar-refractivity contribution in [1.82, 2.24) is 9.29 Å². The first-order valence-corrected chi connectivity index (χ1v) is 10.4. The number of sulfonamides is 1. The van der Waals surface area contributed by atoms with Crippen molar-refractivity contribution in [2.24, 2.45) is 0 Å². The Balaban J connectivity index is 1.74. The van der Waals surface area contributed by atoms with Crippen LogP contribution in [0.4, 0.5) is 18.3 Å². The van der Waals surface area contributed by atoms with Crippen LogP contribution in [-0.4, -0.2) is 43.9 Å². The highest BCUT2D eigenvalue weighted by Gasteiger charge is 2.35. The molecule has 26 heavy (non-hydrogen) atoms. The van der Waals surface area contributed by atoms with Crippen molar-refractivity contribution in [3.8, 4) is 0 Å². The van der Waals surface area contributed by atoms with Crippen LogP contribution < -0.4 is 4.90 Å². The molecule has 0 atom stereocenters. The number of benzene rings is 1. The first kappa shape index (κ1) is 19.7. The lowest BCUT2D eigenvalue weighted by Crippen LogP contribution is -2.48. The molecular weight excluding hydrogens is 434 g/mol. The molecule has 0 amide bonds.